The molecular weight excluding hydrogens is 390 g/mol. The van der Waals surface area contributed by atoms with Crippen molar-refractivity contribution < 1.29 is 9.66 Å². The molecule has 150 valence electrons. The fraction of sp³-hybridized carbons (Fsp3) is 0.300. The lowest BCUT2D eigenvalue weighted by Crippen LogP contribution is -2.46. The van der Waals surface area contributed by atoms with Crippen molar-refractivity contribution >= 4 is 22.8 Å². The molecule has 1 fully saturated rings. The van der Waals surface area contributed by atoms with Gasteiger partial charge in [0.05, 0.1) is 17.7 Å². The second-order valence-electron chi connectivity index (χ2n) is 6.74. The predicted molar refractivity (Wildman–Crippen MR) is 112 cm³/mol. The van der Waals surface area contributed by atoms with Gasteiger partial charge in [0, 0.05) is 55.9 Å². The lowest BCUT2D eigenvalue weighted by Gasteiger charge is -2.34. The molecule has 9 heteroatoms. The van der Waals surface area contributed by atoms with Crippen LogP contribution in [-0.4, -0.2) is 53.1 Å². The molecule has 1 aliphatic heterocycles. The summed E-state index contributed by atoms with van der Waals surface area (Å²) in [5.74, 6) is 1.28. The van der Waals surface area contributed by atoms with E-state index in [1.54, 1.807) is 30.7 Å². The first-order chi connectivity index (χ1) is 14.1. The van der Waals surface area contributed by atoms with Crippen molar-refractivity contribution in [2.24, 2.45) is 0 Å². The third kappa shape index (κ3) is 4.36. The van der Waals surface area contributed by atoms with Gasteiger partial charge in [-0.25, -0.2) is 9.97 Å². The van der Waals surface area contributed by atoms with E-state index in [2.05, 4.69) is 15.3 Å². The summed E-state index contributed by atoms with van der Waals surface area (Å²) in [4.78, 5) is 24.2. The molecule has 3 aromatic rings. The minimum atomic E-state index is -0.370. The zero-order valence-electron chi connectivity index (χ0n) is 16.0. The monoisotopic (exact) mass is 411 g/mol. The van der Waals surface area contributed by atoms with Crippen molar-refractivity contribution in [2.45, 2.75) is 6.54 Å². The molecule has 0 bridgehead atoms. The van der Waals surface area contributed by atoms with Gasteiger partial charge in [-0.1, -0.05) is 0 Å². The van der Waals surface area contributed by atoms with Crippen LogP contribution < -0.4 is 9.64 Å². The van der Waals surface area contributed by atoms with Crippen LogP contribution in [0.5, 0.6) is 5.75 Å². The standard InChI is InChI=1S/C20H21N5O3S/c1-28-17-6-4-15(5-7-17)20-22-16(14-29-20)13-23-9-11-24(12-10-23)19-18(25(26)27)3-2-8-21-19/h2-8,14H,9-13H2,1H3. The third-order valence-electron chi connectivity index (χ3n) is 4.91. The molecule has 1 aromatic carbocycles. The lowest BCUT2D eigenvalue weighted by atomic mass is 10.2. The van der Waals surface area contributed by atoms with Gasteiger partial charge in [-0.3, -0.25) is 15.0 Å². The van der Waals surface area contributed by atoms with Crippen molar-refractivity contribution in [1.82, 2.24) is 14.9 Å². The lowest BCUT2D eigenvalue weighted by molar-refractivity contribution is -0.384. The summed E-state index contributed by atoms with van der Waals surface area (Å²) < 4.78 is 5.20. The highest BCUT2D eigenvalue weighted by atomic mass is 32.1. The van der Waals surface area contributed by atoms with E-state index in [1.165, 1.54) is 6.07 Å². The Morgan fingerprint density at radius 3 is 2.62 bits per heavy atom. The predicted octanol–water partition coefficient (Wildman–Crippen LogP) is 3.44. The Balaban J connectivity index is 1.37. The maximum atomic E-state index is 11.2. The van der Waals surface area contributed by atoms with Crippen molar-refractivity contribution in [3.63, 3.8) is 0 Å². The SMILES string of the molecule is COc1ccc(-c2nc(CN3CCN(c4ncccc4[N+](=O)[O-])CC3)cs2)cc1. The molecule has 29 heavy (non-hydrogen) atoms. The third-order valence-corrected chi connectivity index (χ3v) is 5.85. The summed E-state index contributed by atoms with van der Waals surface area (Å²) in [5.41, 5.74) is 2.18. The van der Waals surface area contributed by atoms with Crippen molar-refractivity contribution in [3.05, 3.63) is 63.8 Å². The van der Waals surface area contributed by atoms with Crippen LogP contribution in [0.2, 0.25) is 0 Å². The molecule has 4 rings (SSSR count). The van der Waals surface area contributed by atoms with Gasteiger partial charge in [0.15, 0.2) is 0 Å². The van der Waals surface area contributed by atoms with Crippen LogP contribution in [0.15, 0.2) is 48.0 Å². The molecule has 0 saturated carbocycles. The van der Waals surface area contributed by atoms with E-state index in [4.69, 9.17) is 9.72 Å². The summed E-state index contributed by atoms with van der Waals surface area (Å²) >= 11 is 1.63. The summed E-state index contributed by atoms with van der Waals surface area (Å²) in [5, 5.41) is 14.3. The van der Waals surface area contributed by atoms with Gasteiger partial charge in [0.1, 0.15) is 10.8 Å². The van der Waals surface area contributed by atoms with Crippen LogP contribution in [-0.2, 0) is 6.54 Å². The highest BCUT2D eigenvalue weighted by molar-refractivity contribution is 7.13. The largest absolute Gasteiger partial charge is 0.497 e. The first-order valence-corrected chi connectivity index (χ1v) is 10.2. The molecule has 0 unspecified atom stereocenters. The van der Waals surface area contributed by atoms with E-state index in [-0.39, 0.29) is 10.6 Å². The zero-order chi connectivity index (χ0) is 20.2. The first kappa shape index (κ1) is 19.3. The van der Waals surface area contributed by atoms with Crippen LogP contribution in [0.4, 0.5) is 11.5 Å². The number of benzene rings is 1. The van der Waals surface area contributed by atoms with Crippen molar-refractivity contribution in [1.29, 1.82) is 0 Å². The number of thiazole rings is 1. The van der Waals surface area contributed by atoms with E-state index in [1.807, 2.05) is 29.2 Å². The first-order valence-electron chi connectivity index (χ1n) is 9.29. The molecule has 0 atom stereocenters. The molecule has 0 amide bonds. The summed E-state index contributed by atoms with van der Waals surface area (Å²) in [6, 6.07) is 11.0. The smallest absolute Gasteiger partial charge is 0.311 e. The summed E-state index contributed by atoms with van der Waals surface area (Å²) in [7, 11) is 1.66. The minimum Gasteiger partial charge on any atom is -0.497 e. The number of hydrogen-bond donors (Lipinski definition) is 0. The van der Waals surface area contributed by atoms with Gasteiger partial charge >= 0.3 is 5.69 Å². The molecule has 0 aliphatic carbocycles. The Bertz CT molecular complexity index is 984. The van der Waals surface area contributed by atoms with Crippen LogP contribution in [0.3, 0.4) is 0 Å². The van der Waals surface area contributed by atoms with Crippen molar-refractivity contribution in [2.75, 3.05) is 38.2 Å². The van der Waals surface area contributed by atoms with Crippen molar-refractivity contribution in [3.8, 4) is 16.3 Å². The van der Waals surface area contributed by atoms with E-state index < -0.39 is 0 Å². The number of rotatable bonds is 6. The fourth-order valence-corrected chi connectivity index (χ4v) is 4.18. The molecule has 1 saturated heterocycles. The molecule has 0 spiro atoms. The van der Waals surface area contributed by atoms with E-state index in [0.29, 0.717) is 18.9 Å². The maximum absolute atomic E-state index is 11.2. The number of nitrogens with zero attached hydrogens (tertiary/aromatic N) is 5. The second-order valence-corrected chi connectivity index (χ2v) is 7.60. The topological polar surface area (TPSA) is 84.6 Å². The summed E-state index contributed by atoms with van der Waals surface area (Å²) in [6.07, 6.45) is 1.60. The molecule has 1 aliphatic rings. The molecule has 0 N–H and O–H groups in total. The molecule has 2 aromatic heterocycles. The van der Waals surface area contributed by atoms with Gasteiger partial charge in [-0.2, -0.15) is 0 Å². The minimum absolute atomic E-state index is 0.0598. The number of pyridine rings is 1. The summed E-state index contributed by atoms with van der Waals surface area (Å²) in [6.45, 7) is 3.79. The molecule has 8 nitrogen and oxygen atoms in total. The van der Waals surface area contributed by atoms with Gasteiger partial charge in [0.25, 0.3) is 0 Å². The Labute approximate surface area is 172 Å². The highest BCUT2D eigenvalue weighted by Crippen LogP contribution is 2.28. The van der Waals surface area contributed by atoms with Gasteiger partial charge in [-0.05, 0) is 30.3 Å². The van der Waals surface area contributed by atoms with E-state index in [9.17, 15) is 10.1 Å². The Hall–Kier alpha value is -3.04. The van der Waals surface area contributed by atoms with Gasteiger partial charge in [0.2, 0.25) is 5.82 Å². The molecule has 0 radical (unpaired) electrons. The normalized spacial score (nSPS) is 14.7. The Morgan fingerprint density at radius 2 is 1.93 bits per heavy atom. The van der Waals surface area contributed by atoms with Crippen LogP contribution in [0, 0.1) is 10.1 Å². The van der Waals surface area contributed by atoms with Gasteiger partial charge < -0.3 is 9.64 Å². The molecule has 3 heterocycles. The van der Waals surface area contributed by atoms with E-state index in [0.717, 1.165) is 41.6 Å². The van der Waals surface area contributed by atoms with Crippen LogP contribution >= 0.6 is 11.3 Å². The number of methoxy groups -OCH3 is 1. The Kier molecular flexibility index (Phi) is 5.68. The van der Waals surface area contributed by atoms with Crippen LogP contribution in [0.25, 0.3) is 10.6 Å². The van der Waals surface area contributed by atoms with Gasteiger partial charge in [-0.15, -0.1) is 11.3 Å². The number of aromatic nitrogens is 2. The van der Waals surface area contributed by atoms with Crippen LogP contribution in [0.1, 0.15) is 5.69 Å². The molecular formula is C20H21N5O3S. The second kappa shape index (κ2) is 8.54. The highest BCUT2D eigenvalue weighted by Gasteiger charge is 2.25. The number of ether oxygens (including phenoxy) is 1. The Morgan fingerprint density at radius 1 is 1.17 bits per heavy atom. The quantitative estimate of drug-likeness (QED) is 0.454. The fourth-order valence-electron chi connectivity index (χ4n) is 3.37. The average Bonchev–Trinajstić information content (AvgIpc) is 3.23. The zero-order valence-corrected chi connectivity index (χ0v) is 16.8. The maximum Gasteiger partial charge on any atom is 0.311 e. The number of anilines is 1. The van der Waals surface area contributed by atoms with E-state index >= 15 is 0 Å². The number of hydrogen-bond acceptors (Lipinski definition) is 8. The number of nitro groups is 1. The average molecular weight is 411 g/mol. The number of piperazine rings is 1.